The smallest absolute Gasteiger partial charge is 0.290 e. The van der Waals surface area contributed by atoms with Crippen molar-refractivity contribution in [2.45, 2.75) is 57.6 Å². The molecule has 0 bridgehead atoms. The highest BCUT2D eigenvalue weighted by Gasteiger charge is 2.46. The van der Waals surface area contributed by atoms with E-state index in [-0.39, 0.29) is 42.2 Å². The van der Waals surface area contributed by atoms with E-state index in [1.54, 1.807) is 28.0 Å². The number of pyridine rings is 1. The SMILES string of the molecule is CC(C)c1cc(-c2ccc(F)cc2)nc2cc(C(=O)N3CCN(C(=O)C4(O)CCOCC4)CC3(C)C)oc12. The number of nitrogens with zero attached hydrogens (tertiary/aromatic N) is 3. The normalized spacial score (nSPS) is 19.2. The summed E-state index contributed by atoms with van der Waals surface area (Å²) in [7, 11) is 0. The summed E-state index contributed by atoms with van der Waals surface area (Å²) in [5, 5.41) is 10.9. The number of amides is 2. The number of hydrogen-bond donors (Lipinski definition) is 1. The highest BCUT2D eigenvalue weighted by Crippen LogP contribution is 2.34. The number of piperazine rings is 1. The van der Waals surface area contributed by atoms with Crippen molar-refractivity contribution in [1.29, 1.82) is 0 Å². The number of aromatic nitrogens is 1. The number of rotatable bonds is 4. The fourth-order valence-corrected chi connectivity index (χ4v) is 5.40. The van der Waals surface area contributed by atoms with Crippen LogP contribution in [-0.2, 0) is 9.53 Å². The van der Waals surface area contributed by atoms with Gasteiger partial charge < -0.3 is 24.1 Å². The summed E-state index contributed by atoms with van der Waals surface area (Å²) < 4.78 is 24.9. The molecule has 2 amide bonds. The van der Waals surface area contributed by atoms with E-state index in [1.165, 1.54) is 12.1 Å². The van der Waals surface area contributed by atoms with Gasteiger partial charge in [0.25, 0.3) is 11.8 Å². The standard InChI is InChI=1S/C29H34FN3O5/c1-18(2)21-15-22(19-5-7-20(30)8-6-19)31-23-16-24(38-25(21)23)26(34)33-12-11-32(17-28(33,3)4)27(35)29(36)9-13-37-14-10-29/h5-8,15-16,18,36H,9-14,17H2,1-4H3. The van der Waals surface area contributed by atoms with Crippen LogP contribution in [0.15, 0.2) is 40.8 Å². The lowest BCUT2D eigenvalue weighted by Crippen LogP contribution is -2.65. The minimum atomic E-state index is -1.42. The molecule has 8 nitrogen and oxygen atoms in total. The van der Waals surface area contributed by atoms with Crippen LogP contribution in [0.1, 0.15) is 62.6 Å². The van der Waals surface area contributed by atoms with E-state index in [0.717, 1.165) is 11.1 Å². The Bertz CT molecular complexity index is 1360. The summed E-state index contributed by atoms with van der Waals surface area (Å²) in [5.74, 6) is -0.606. The first kappa shape index (κ1) is 26.3. The van der Waals surface area contributed by atoms with Crippen molar-refractivity contribution >= 4 is 22.9 Å². The van der Waals surface area contributed by atoms with Crippen LogP contribution in [0.4, 0.5) is 4.39 Å². The van der Waals surface area contributed by atoms with Crippen LogP contribution in [0.25, 0.3) is 22.4 Å². The molecular weight excluding hydrogens is 489 g/mol. The van der Waals surface area contributed by atoms with E-state index in [1.807, 2.05) is 33.8 Å². The zero-order chi connectivity index (χ0) is 27.2. The monoisotopic (exact) mass is 523 g/mol. The summed E-state index contributed by atoms with van der Waals surface area (Å²) in [6.45, 7) is 9.53. The van der Waals surface area contributed by atoms with Crippen molar-refractivity contribution < 1.29 is 28.2 Å². The molecule has 202 valence electrons. The summed E-state index contributed by atoms with van der Waals surface area (Å²) in [6.07, 6.45) is 0.547. The van der Waals surface area contributed by atoms with E-state index in [9.17, 15) is 19.1 Å². The van der Waals surface area contributed by atoms with Crippen LogP contribution in [0.2, 0.25) is 0 Å². The van der Waals surface area contributed by atoms with E-state index in [0.29, 0.717) is 49.6 Å². The molecule has 9 heteroatoms. The number of benzene rings is 1. The molecule has 3 aromatic rings. The van der Waals surface area contributed by atoms with Gasteiger partial charge in [0.15, 0.2) is 11.3 Å². The fraction of sp³-hybridized carbons (Fsp3) is 0.483. The molecule has 2 aromatic heterocycles. The van der Waals surface area contributed by atoms with Gasteiger partial charge >= 0.3 is 0 Å². The second-order valence-corrected chi connectivity index (χ2v) is 11.2. The molecule has 0 aliphatic carbocycles. The van der Waals surface area contributed by atoms with Crippen LogP contribution < -0.4 is 0 Å². The molecule has 2 aliphatic heterocycles. The van der Waals surface area contributed by atoms with Crippen molar-refractivity contribution in [2.24, 2.45) is 0 Å². The van der Waals surface area contributed by atoms with Crippen molar-refractivity contribution in [2.75, 3.05) is 32.8 Å². The van der Waals surface area contributed by atoms with Crippen LogP contribution >= 0.6 is 0 Å². The molecule has 1 aromatic carbocycles. The molecular formula is C29H34FN3O5. The number of ether oxygens (including phenoxy) is 1. The Kier molecular flexibility index (Phi) is 6.77. The molecule has 0 atom stereocenters. The van der Waals surface area contributed by atoms with Crippen LogP contribution in [0, 0.1) is 5.82 Å². The minimum absolute atomic E-state index is 0.107. The molecule has 4 heterocycles. The third-order valence-electron chi connectivity index (χ3n) is 7.63. The summed E-state index contributed by atoms with van der Waals surface area (Å²) >= 11 is 0. The van der Waals surface area contributed by atoms with Gasteiger partial charge in [-0.15, -0.1) is 0 Å². The first-order chi connectivity index (χ1) is 18.0. The van der Waals surface area contributed by atoms with Gasteiger partial charge in [0, 0.05) is 62.9 Å². The quantitative estimate of drug-likeness (QED) is 0.546. The molecule has 0 saturated carbocycles. The Morgan fingerprint density at radius 1 is 1.08 bits per heavy atom. The minimum Gasteiger partial charge on any atom is -0.449 e. The summed E-state index contributed by atoms with van der Waals surface area (Å²) in [6, 6.07) is 9.74. The third-order valence-corrected chi connectivity index (χ3v) is 7.63. The highest BCUT2D eigenvalue weighted by atomic mass is 19.1. The maximum Gasteiger partial charge on any atom is 0.290 e. The number of halogens is 1. The average molecular weight is 524 g/mol. The average Bonchev–Trinajstić information content (AvgIpc) is 3.32. The van der Waals surface area contributed by atoms with Crippen LogP contribution in [0.3, 0.4) is 0 Å². The first-order valence-corrected chi connectivity index (χ1v) is 13.1. The van der Waals surface area contributed by atoms with Gasteiger partial charge in [-0.05, 0) is 50.1 Å². The second-order valence-electron chi connectivity index (χ2n) is 11.2. The van der Waals surface area contributed by atoms with Gasteiger partial charge in [0.05, 0.1) is 11.2 Å². The van der Waals surface area contributed by atoms with Crippen LogP contribution in [0.5, 0.6) is 0 Å². The largest absolute Gasteiger partial charge is 0.449 e. The molecule has 2 aliphatic rings. The van der Waals surface area contributed by atoms with Crippen molar-refractivity contribution in [1.82, 2.24) is 14.8 Å². The van der Waals surface area contributed by atoms with Crippen LogP contribution in [-0.4, -0.2) is 75.7 Å². The zero-order valence-electron chi connectivity index (χ0n) is 22.3. The number of furan rings is 1. The van der Waals surface area contributed by atoms with E-state index in [2.05, 4.69) is 0 Å². The summed E-state index contributed by atoms with van der Waals surface area (Å²) in [4.78, 5) is 35.0. The predicted octanol–water partition coefficient (Wildman–Crippen LogP) is 4.36. The molecule has 0 spiro atoms. The van der Waals surface area contributed by atoms with E-state index < -0.39 is 11.1 Å². The lowest BCUT2D eigenvalue weighted by Gasteiger charge is -2.48. The maximum atomic E-state index is 13.7. The van der Waals surface area contributed by atoms with Gasteiger partial charge in [0.2, 0.25) is 0 Å². The molecule has 0 radical (unpaired) electrons. The molecule has 0 unspecified atom stereocenters. The lowest BCUT2D eigenvalue weighted by atomic mass is 9.90. The fourth-order valence-electron chi connectivity index (χ4n) is 5.40. The number of carbonyl (C=O) groups excluding carboxylic acids is 2. The van der Waals surface area contributed by atoms with Gasteiger partial charge in [-0.3, -0.25) is 9.59 Å². The zero-order valence-corrected chi connectivity index (χ0v) is 22.3. The van der Waals surface area contributed by atoms with Gasteiger partial charge in [-0.1, -0.05) is 13.8 Å². The number of carbonyl (C=O) groups is 2. The van der Waals surface area contributed by atoms with E-state index >= 15 is 0 Å². The molecule has 2 saturated heterocycles. The maximum absolute atomic E-state index is 13.7. The van der Waals surface area contributed by atoms with Crippen molar-refractivity contribution in [3.8, 4) is 11.3 Å². The number of fused-ring (bicyclic) bond motifs is 1. The van der Waals surface area contributed by atoms with Crippen molar-refractivity contribution in [3.63, 3.8) is 0 Å². The summed E-state index contributed by atoms with van der Waals surface area (Å²) in [5.41, 5.74) is 1.39. The second kappa shape index (κ2) is 9.78. The van der Waals surface area contributed by atoms with Gasteiger partial charge in [-0.25, -0.2) is 9.37 Å². The lowest BCUT2D eigenvalue weighted by molar-refractivity contribution is -0.164. The Morgan fingerprint density at radius 3 is 2.39 bits per heavy atom. The molecule has 2 fully saturated rings. The Labute approximate surface area is 221 Å². The Morgan fingerprint density at radius 2 is 1.76 bits per heavy atom. The first-order valence-electron chi connectivity index (χ1n) is 13.1. The van der Waals surface area contributed by atoms with Gasteiger partial charge in [-0.2, -0.15) is 0 Å². The molecule has 38 heavy (non-hydrogen) atoms. The topological polar surface area (TPSA) is 96.1 Å². The Hall–Kier alpha value is -3.30. The number of aliphatic hydroxyl groups is 1. The molecule has 5 rings (SSSR count). The number of hydrogen-bond acceptors (Lipinski definition) is 6. The predicted molar refractivity (Wildman–Crippen MR) is 140 cm³/mol. The highest BCUT2D eigenvalue weighted by molar-refractivity contribution is 5.97. The molecule has 1 N–H and O–H groups in total. The van der Waals surface area contributed by atoms with Crippen molar-refractivity contribution in [3.05, 3.63) is 53.5 Å². The van der Waals surface area contributed by atoms with E-state index in [4.69, 9.17) is 14.1 Å². The van der Waals surface area contributed by atoms with Gasteiger partial charge in [0.1, 0.15) is 16.9 Å². The third kappa shape index (κ3) is 4.80. The Balaban J connectivity index is 1.41.